The van der Waals surface area contributed by atoms with Crippen molar-refractivity contribution in [1.82, 2.24) is 5.32 Å². The summed E-state index contributed by atoms with van der Waals surface area (Å²) in [5.41, 5.74) is 1.63. The van der Waals surface area contributed by atoms with Gasteiger partial charge in [0.05, 0.1) is 6.04 Å². The lowest BCUT2D eigenvalue weighted by Crippen LogP contribution is -2.27. The van der Waals surface area contributed by atoms with E-state index in [2.05, 4.69) is 5.32 Å². The SMILES string of the molecule is Cc1ccccc1C(C)NC(=O)c1cc(F)c(F)c(F)c1. The lowest BCUT2D eigenvalue weighted by atomic mass is 10.0. The zero-order valence-corrected chi connectivity index (χ0v) is 11.6. The molecule has 0 bridgehead atoms. The monoisotopic (exact) mass is 293 g/mol. The van der Waals surface area contributed by atoms with E-state index in [-0.39, 0.29) is 11.6 Å². The third-order valence-electron chi connectivity index (χ3n) is 3.25. The number of hydrogen-bond acceptors (Lipinski definition) is 1. The van der Waals surface area contributed by atoms with Crippen LogP contribution in [0.25, 0.3) is 0 Å². The first-order chi connectivity index (χ1) is 9.90. The minimum atomic E-state index is -1.58. The Morgan fingerprint density at radius 1 is 1.10 bits per heavy atom. The smallest absolute Gasteiger partial charge is 0.251 e. The highest BCUT2D eigenvalue weighted by molar-refractivity contribution is 5.94. The Hall–Kier alpha value is -2.30. The second-order valence-corrected chi connectivity index (χ2v) is 4.81. The summed E-state index contributed by atoms with van der Waals surface area (Å²) in [7, 11) is 0. The summed E-state index contributed by atoms with van der Waals surface area (Å²) in [4.78, 5) is 12.0. The van der Waals surface area contributed by atoms with Crippen LogP contribution < -0.4 is 5.32 Å². The summed E-state index contributed by atoms with van der Waals surface area (Å²) in [6, 6.07) is 8.48. The van der Waals surface area contributed by atoms with Gasteiger partial charge in [-0.25, -0.2) is 13.2 Å². The van der Waals surface area contributed by atoms with Crippen LogP contribution in [0.5, 0.6) is 0 Å². The van der Waals surface area contributed by atoms with Crippen molar-refractivity contribution in [1.29, 1.82) is 0 Å². The third kappa shape index (κ3) is 3.24. The fourth-order valence-corrected chi connectivity index (χ4v) is 2.12. The summed E-state index contributed by atoms with van der Waals surface area (Å²) in [5, 5.41) is 2.63. The highest BCUT2D eigenvalue weighted by atomic mass is 19.2. The van der Waals surface area contributed by atoms with Gasteiger partial charge in [0.2, 0.25) is 0 Å². The van der Waals surface area contributed by atoms with E-state index < -0.39 is 23.4 Å². The fraction of sp³-hybridized carbons (Fsp3) is 0.188. The van der Waals surface area contributed by atoms with Gasteiger partial charge in [-0.2, -0.15) is 0 Å². The van der Waals surface area contributed by atoms with Gasteiger partial charge in [0.1, 0.15) is 0 Å². The molecule has 2 nitrogen and oxygen atoms in total. The van der Waals surface area contributed by atoms with Crippen LogP contribution in [0.1, 0.15) is 34.5 Å². The van der Waals surface area contributed by atoms with Gasteiger partial charge in [-0.05, 0) is 37.1 Å². The maximum absolute atomic E-state index is 13.1. The van der Waals surface area contributed by atoms with E-state index in [4.69, 9.17) is 0 Å². The normalized spacial score (nSPS) is 12.0. The Labute approximate surface area is 120 Å². The molecular weight excluding hydrogens is 279 g/mol. The Balaban J connectivity index is 2.20. The maximum Gasteiger partial charge on any atom is 0.251 e. The van der Waals surface area contributed by atoms with Crippen LogP contribution in [0.3, 0.4) is 0 Å². The second kappa shape index (κ2) is 5.99. The number of carbonyl (C=O) groups is 1. The van der Waals surface area contributed by atoms with Gasteiger partial charge < -0.3 is 5.32 Å². The molecule has 2 rings (SSSR count). The number of carbonyl (C=O) groups excluding carboxylic acids is 1. The summed E-state index contributed by atoms with van der Waals surface area (Å²) in [6.07, 6.45) is 0. The van der Waals surface area contributed by atoms with Gasteiger partial charge in [0, 0.05) is 5.56 Å². The van der Waals surface area contributed by atoms with E-state index in [1.165, 1.54) is 0 Å². The Morgan fingerprint density at radius 2 is 1.67 bits per heavy atom. The number of hydrogen-bond donors (Lipinski definition) is 1. The zero-order valence-electron chi connectivity index (χ0n) is 11.6. The van der Waals surface area contributed by atoms with Crippen molar-refractivity contribution in [3.63, 3.8) is 0 Å². The molecule has 5 heteroatoms. The van der Waals surface area contributed by atoms with Crippen molar-refractivity contribution in [3.8, 4) is 0 Å². The molecule has 1 N–H and O–H groups in total. The predicted octanol–water partition coefficient (Wildman–Crippen LogP) is 3.90. The Bertz CT molecular complexity index is 662. The second-order valence-electron chi connectivity index (χ2n) is 4.81. The number of amides is 1. The van der Waals surface area contributed by atoms with Gasteiger partial charge in [-0.1, -0.05) is 24.3 Å². The van der Waals surface area contributed by atoms with Crippen molar-refractivity contribution in [2.24, 2.45) is 0 Å². The molecule has 0 aliphatic rings. The zero-order chi connectivity index (χ0) is 15.6. The highest BCUT2D eigenvalue weighted by Gasteiger charge is 2.17. The number of rotatable bonds is 3. The molecule has 2 aromatic rings. The minimum absolute atomic E-state index is 0.258. The summed E-state index contributed by atoms with van der Waals surface area (Å²) in [5.74, 6) is -5.02. The first-order valence-electron chi connectivity index (χ1n) is 6.41. The number of benzene rings is 2. The Kier molecular flexibility index (Phi) is 4.31. The third-order valence-corrected chi connectivity index (χ3v) is 3.25. The van der Waals surface area contributed by atoms with Gasteiger partial charge in [-0.15, -0.1) is 0 Å². The van der Waals surface area contributed by atoms with E-state index in [9.17, 15) is 18.0 Å². The van der Waals surface area contributed by atoms with E-state index in [0.717, 1.165) is 11.1 Å². The molecule has 0 fully saturated rings. The molecule has 0 radical (unpaired) electrons. The molecule has 1 unspecified atom stereocenters. The van der Waals surface area contributed by atoms with Gasteiger partial charge in [0.25, 0.3) is 5.91 Å². The van der Waals surface area contributed by atoms with Gasteiger partial charge in [-0.3, -0.25) is 4.79 Å². The molecule has 0 aromatic heterocycles. The average Bonchev–Trinajstić information content (AvgIpc) is 2.44. The van der Waals surface area contributed by atoms with Crippen LogP contribution in [0, 0.1) is 24.4 Å². The average molecular weight is 293 g/mol. The first-order valence-corrected chi connectivity index (χ1v) is 6.41. The molecule has 2 aromatic carbocycles. The standard InChI is InChI=1S/C16H14F3NO/c1-9-5-3-4-6-12(9)10(2)20-16(21)11-7-13(17)15(19)14(18)8-11/h3-8,10H,1-2H3,(H,20,21). The van der Waals surface area contributed by atoms with E-state index >= 15 is 0 Å². The van der Waals surface area contributed by atoms with Crippen LogP contribution in [0.4, 0.5) is 13.2 Å². The molecule has 0 aliphatic carbocycles. The van der Waals surface area contributed by atoms with Crippen LogP contribution in [0.15, 0.2) is 36.4 Å². The largest absolute Gasteiger partial charge is 0.346 e. The van der Waals surface area contributed by atoms with E-state index in [1.807, 2.05) is 31.2 Å². The molecule has 21 heavy (non-hydrogen) atoms. The molecule has 0 saturated carbocycles. The predicted molar refractivity (Wildman–Crippen MR) is 73.4 cm³/mol. The minimum Gasteiger partial charge on any atom is -0.346 e. The first kappa shape index (κ1) is 15.1. The Morgan fingerprint density at radius 3 is 2.24 bits per heavy atom. The summed E-state index contributed by atoms with van der Waals surface area (Å²) < 4.78 is 39.1. The number of aryl methyl sites for hydroxylation is 1. The molecular formula is C16H14F3NO. The van der Waals surface area contributed by atoms with Crippen LogP contribution in [-0.2, 0) is 0 Å². The van der Waals surface area contributed by atoms with Gasteiger partial charge in [0.15, 0.2) is 17.5 Å². The fourth-order valence-electron chi connectivity index (χ4n) is 2.12. The summed E-state index contributed by atoms with van der Waals surface area (Å²) >= 11 is 0. The van der Waals surface area contributed by atoms with E-state index in [0.29, 0.717) is 12.1 Å². The summed E-state index contributed by atoms with van der Waals surface area (Å²) in [6.45, 7) is 3.66. The number of nitrogens with one attached hydrogen (secondary N) is 1. The highest BCUT2D eigenvalue weighted by Crippen LogP contribution is 2.18. The van der Waals surface area contributed by atoms with Crippen molar-refractivity contribution in [2.45, 2.75) is 19.9 Å². The molecule has 0 spiro atoms. The molecule has 1 amide bonds. The van der Waals surface area contributed by atoms with Crippen molar-refractivity contribution < 1.29 is 18.0 Å². The molecule has 110 valence electrons. The van der Waals surface area contributed by atoms with Crippen LogP contribution >= 0.6 is 0 Å². The van der Waals surface area contributed by atoms with Crippen molar-refractivity contribution in [2.75, 3.05) is 0 Å². The maximum atomic E-state index is 13.1. The lowest BCUT2D eigenvalue weighted by Gasteiger charge is -2.16. The van der Waals surface area contributed by atoms with Crippen LogP contribution in [-0.4, -0.2) is 5.91 Å². The van der Waals surface area contributed by atoms with Gasteiger partial charge >= 0.3 is 0 Å². The van der Waals surface area contributed by atoms with Crippen molar-refractivity contribution in [3.05, 3.63) is 70.5 Å². The van der Waals surface area contributed by atoms with Crippen molar-refractivity contribution >= 4 is 5.91 Å². The van der Waals surface area contributed by atoms with E-state index in [1.54, 1.807) is 6.92 Å². The molecule has 0 saturated heterocycles. The molecule has 1 atom stereocenters. The quantitative estimate of drug-likeness (QED) is 0.854. The van der Waals surface area contributed by atoms with Crippen LogP contribution in [0.2, 0.25) is 0 Å². The lowest BCUT2D eigenvalue weighted by molar-refractivity contribution is 0.0938. The topological polar surface area (TPSA) is 29.1 Å². The molecule has 0 heterocycles. The number of halogens is 3. The molecule has 0 aliphatic heterocycles.